The summed E-state index contributed by atoms with van der Waals surface area (Å²) >= 11 is 6.23. The van der Waals surface area contributed by atoms with Crippen molar-refractivity contribution in [2.45, 2.75) is 18.9 Å². The largest absolute Gasteiger partial charge is 0.358 e. The van der Waals surface area contributed by atoms with Crippen molar-refractivity contribution in [1.29, 1.82) is 5.26 Å². The Hall–Kier alpha value is -3.41. The number of nitriles is 1. The molecule has 2 aliphatic heterocycles. The lowest BCUT2D eigenvalue weighted by Crippen LogP contribution is -2.40. The van der Waals surface area contributed by atoms with Gasteiger partial charge in [0.25, 0.3) is 0 Å². The predicted octanol–water partition coefficient (Wildman–Crippen LogP) is 2.89. The number of benzene rings is 2. The van der Waals surface area contributed by atoms with E-state index >= 15 is 0 Å². The molecule has 33 heavy (non-hydrogen) atoms. The lowest BCUT2D eigenvalue weighted by atomic mass is 9.82. The molecule has 3 heterocycles. The fourth-order valence-electron chi connectivity index (χ4n) is 4.32. The van der Waals surface area contributed by atoms with Crippen molar-refractivity contribution >= 4 is 35.5 Å². The molecule has 2 aliphatic rings. The van der Waals surface area contributed by atoms with E-state index in [-0.39, 0.29) is 17.0 Å². The average Bonchev–Trinajstić information content (AvgIpc) is 3.19. The number of piperidine rings is 1. The van der Waals surface area contributed by atoms with Crippen LogP contribution in [0.15, 0.2) is 52.2 Å². The Morgan fingerprint density at radius 1 is 1.18 bits per heavy atom. The van der Waals surface area contributed by atoms with Crippen molar-refractivity contribution in [1.82, 2.24) is 4.98 Å². The number of nitrogens with two attached hydrogens (primary N) is 1. The lowest BCUT2D eigenvalue weighted by Gasteiger charge is -2.32. The van der Waals surface area contributed by atoms with E-state index in [1.165, 1.54) is 12.1 Å². The molecule has 0 aliphatic carbocycles. The maximum atomic E-state index is 14.5. The van der Waals surface area contributed by atoms with Gasteiger partial charge in [-0.1, -0.05) is 29.8 Å². The maximum absolute atomic E-state index is 14.5. The van der Waals surface area contributed by atoms with Crippen LogP contribution in [0.1, 0.15) is 24.0 Å². The molecule has 0 unspecified atom stereocenters. The SMILES string of the molecule is N#Cc1ccc(-c2[nH]c(N3CCC(N)CC3)cc(=O)c2-c2ccc3c(c2)C(Cl)=N[B]3)cc1F. The molecule has 1 aromatic heterocycles. The summed E-state index contributed by atoms with van der Waals surface area (Å²) in [6.45, 7) is 1.44. The zero-order chi connectivity index (χ0) is 23.1. The van der Waals surface area contributed by atoms with E-state index < -0.39 is 5.82 Å². The van der Waals surface area contributed by atoms with Crippen LogP contribution >= 0.6 is 11.6 Å². The Labute approximate surface area is 195 Å². The molecule has 0 saturated carbocycles. The average molecular weight is 459 g/mol. The highest BCUT2D eigenvalue weighted by Crippen LogP contribution is 2.32. The number of aromatic amines is 1. The standard InChI is InChI=1S/C24H19BClFN5O/c26-24-17-9-13(3-4-18(17)25-31-24)22-20(33)11-21(32-7-5-16(29)6-8-32)30-23(22)14-1-2-15(12-28)19(27)10-14/h1-4,9-11,16H,5-8,29H2,(H,30,33). The quantitative estimate of drug-likeness (QED) is 0.590. The van der Waals surface area contributed by atoms with E-state index in [1.807, 2.05) is 24.3 Å². The van der Waals surface area contributed by atoms with Crippen molar-refractivity contribution in [3.63, 3.8) is 0 Å². The summed E-state index contributed by atoms with van der Waals surface area (Å²) < 4.78 is 14.5. The van der Waals surface area contributed by atoms with Gasteiger partial charge in [-0.2, -0.15) is 5.26 Å². The van der Waals surface area contributed by atoms with Gasteiger partial charge in [-0.25, -0.2) is 4.39 Å². The summed E-state index contributed by atoms with van der Waals surface area (Å²) in [4.78, 5) is 23.0. The molecule has 163 valence electrons. The van der Waals surface area contributed by atoms with Gasteiger partial charge in [-0.05, 0) is 42.1 Å². The third-order valence-electron chi connectivity index (χ3n) is 6.16. The minimum Gasteiger partial charge on any atom is -0.358 e. The lowest BCUT2D eigenvalue weighted by molar-refractivity contribution is 0.498. The van der Waals surface area contributed by atoms with E-state index in [2.05, 4.69) is 14.8 Å². The van der Waals surface area contributed by atoms with Crippen LogP contribution in [0.25, 0.3) is 22.4 Å². The molecular weight excluding hydrogens is 440 g/mol. The van der Waals surface area contributed by atoms with Crippen LogP contribution in [0, 0.1) is 17.1 Å². The number of rotatable bonds is 3. The molecule has 6 nitrogen and oxygen atoms in total. The highest BCUT2D eigenvalue weighted by Gasteiger charge is 2.23. The summed E-state index contributed by atoms with van der Waals surface area (Å²) in [6, 6.07) is 13.4. The Balaban J connectivity index is 1.69. The van der Waals surface area contributed by atoms with Crippen LogP contribution in [-0.2, 0) is 0 Å². The number of halogens is 2. The number of hydrogen-bond donors (Lipinski definition) is 2. The molecule has 5 rings (SSSR count). The molecule has 3 aromatic rings. The summed E-state index contributed by atoms with van der Waals surface area (Å²) in [5.74, 6) is 0.0133. The highest BCUT2D eigenvalue weighted by molar-refractivity contribution is 6.78. The third kappa shape index (κ3) is 3.95. The smallest absolute Gasteiger partial charge is 0.314 e. The number of pyridine rings is 1. The van der Waals surface area contributed by atoms with Gasteiger partial charge in [-0.3, -0.25) is 4.79 Å². The minimum atomic E-state index is -0.644. The molecule has 0 spiro atoms. The molecule has 1 fully saturated rings. The first-order valence-corrected chi connectivity index (χ1v) is 11.0. The number of fused-ring (bicyclic) bond motifs is 1. The summed E-state index contributed by atoms with van der Waals surface area (Å²) in [5.41, 5.74) is 9.38. The van der Waals surface area contributed by atoms with Crippen LogP contribution in [0.2, 0.25) is 0 Å². The number of hydrogen-bond acceptors (Lipinski definition) is 5. The van der Waals surface area contributed by atoms with Crippen molar-refractivity contribution < 1.29 is 4.39 Å². The van der Waals surface area contributed by atoms with Crippen molar-refractivity contribution in [3.05, 3.63) is 69.6 Å². The molecular formula is C24H19BClFN5O. The fraction of sp³-hybridized carbons (Fsp3) is 0.208. The fourth-order valence-corrected chi connectivity index (χ4v) is 4.53. The van der Waals surface area contributed by atoms with Gasteiger partial charge >= 0.3 is 7.41 Å². The first kappa shape index (κ1) is 21.4. The van der Waals surface area contributed by atoms with Crippen LogP contribution in [0.5, 0.6) is 0 Å². The molecule has 3 N–H and O–H groups in total. The first-order chi connectivity index (χ1) is 15.9. The zero-order valence-electron chi connectivity index (χ0n) is 17.6. The van der Waals surface area contributed by atoms with Gasteiger partial charge in [0.1, 0.15) is 22.9 Å². The van der Waals surface area contributed by atoms with E-state index in [1.54, 1.807) is 19.5 Å². The molecule has 1 radical (unpaired) electrons. The summed E-state index contributed by atoms with van der Waals surface area (Å²) in [5, 5.41) is 9.47. The number of aromatic nitrogens is 1. The molecule has 2 aromatic carbocycles. The van der Waals surface area contributed by atoms with Crippen molar-refractivity contribution in [2.24, 2.45) is 10.6 Å². The molecule has 1 saturated heterocycles. The Bertz CT molecular complexity index is 1390. The van der Waals surface area contributed by atoms with Gasteiger partial charge in [0.05, 0.1) is 16.8 Å². The summed E-state index contributed by atoms with van der Waals surface area (Å²) in [6.07, 6.45) is 1.65. The van der Waals surface area contributed by atoms with E-state index in [9.17, 15) is 9.18 Å². The molecule has 9 heteroatoms. The second kappa shape index (κ2) is 8.51. The van der Waals surface area contributed by atoms with Crippen molar-refractivity contribution in [2.75, 3.05) is 18.0 Å². The van der Waals surface area contributed by atoms with E-state index in [0.29, 0.717) is 33.4 Å². The third-order valence-corrected chi connectivity index (χ3v) is 6.46. The van der Waals surface area contributed by atoms with Gasteiger partial charge in [0.2, 0.25) is 0 Å². The maximum Gasteiger partial charge on any atom is 0.314 e. The highest BCUT2D eigenvalue weighted by atomic mass is 35.5. The Morgan fingerprint density at radius 3 is 2.67 bits per heavy atom. The predicted molar refractivity (Wildman–Crippen MR) is 130 cm³/mol. The number of nitrogens with zero attached hydrogens (tertiary/aromatic N) is 3. The Morgan fingerprint density at radius 2 is 1.94 bits per heavy atom. The second-order valence-electron chi connectivity index (χ2n) is 8.25. The monoisotopic (exact) mass is 458 g/mol. The van der Waals surface area contributed by atoms with Gasteiger partial charge in [0.15, 0.2) is 5.43 Å². The van der Waals surface area contributed by atoms with Crippen LogP contribution < -0.4 is 21.5 Å². The van der Waals surface area contributed by atoms with Crippen LogP contribution in [0.3, 0.4) is 0 Å². The number of H-pyrrole nitrogens is 1. The molecule has 0 amide bonds. The zero-order valence-corrected chi connectivity index (χ0v) is 18.4. The van der Waals surface area contributed by atoms with Gasteiger partial charge in [0, 0.05) is 36.3 Å². The van der Waals surface area contributed by atoms with Crippen molar-refractivity contribution in [3.8, 4) is 28.5 Å². The molecule has 0 atom stereocenters. The second-order valence-corrected chi connectivity index (χ2v) is 8.61. The number of nitrogens with one attached hydrogen (secondary N) is 1. The van der Waals surface area contributed by atoms with Crippen LogP contribution in [-0.4, -0.2) is 36.7 Å². The summed E-state index contributed by atoms with van der Waals surface area (Å²) in [7, 11) is 1.67. The normalized spacial score (nSPS) is 15.6. The minimum absolute atomic E-state index is 0.0557. The topological polar surface area (TPSA) is 98.3 Å². The van der Waals surface area contributed by atoms with E-state index in [0.717, 1.165) is 37.0 Å². The molecule has 0 bridgehead atoms. The van der Waals surface area contributed by atoms with Crippen LogP contribution in [0.4, 0.5) is 10.2 Å². The van der Waals surface area contributed by atoms with Gasteiger partial charge < -0.3 is 20.5 Å². The number of anilines is 1. The Kier molecular flexibility index (Phi) is 5.53. The first-order valence-electron chi connectivity index (χ1n) is 10.6. The van der Waals surface area contributed by atoms with Gasteiger partial charge in [-0.15, -0.1) is 0 Å². The van der Waals surface area contributed by atoms with E-state index in [4.69, 9.17) is 22.6 Å².